The van der Waals surface area contributed by atoms with Gasteiger partial charge in [-0.1, -0.05) is 19.8 Å². The van der Waals surface area contributed by atoms with Crippen LogP contribution >= 0.6 is 11.3 Å². The molecule has 1 aromatic carbocycles. The lowest BCUT2D eigenvalue weighted by atomic mass is 10.1. The predicted octanol–water partition coefficient (Wildman–Crippen LogP) is 5.27. The first kappa shape index (κ1) is 14.0. The van der Waals surface area contributed by atoms with Crippen LogP contribution in [0, 0.1) is 11.7 Å². The lowest BCUT2D eigenvalue weighted by molar-refractivity contribution is 0.476. The topological polar surface area (TPSA) is 12.0 Å². The molecule has 3 heteroatoms. The van der Waals surface area contributed by atoms with Crippen molar-refractivity contribution in [3.05, 3.63) is 35.0 Å². The van der Waals surface area contributed by atoms with Crippen molar-refractivity contribution in [1.82, 2.24) is 5.32 Å². The molecule has 1 fully saturated rings. The number of nitrogens with one attached hydrogen (secondary N) is 1. The molecule has 1 aliphatic carbocycles. The molecule has 0 aliphatic heterocycles. The average Bonchev–Trinajstić information content (AvgIpc) is 3.17. The van der Waals surface area contributed by atoms with Crippen molar-refractivity contribution in [3.8, 4) is 0 Å². The fraction of sp³-hybridized carbons (Fsp3) is 0.529. The summed E-state index contributed by atoms with van der Waals surface area (Å²) in [4.78, 5) is 1.36. The van der Waals surface area contributed by atoms with Gasteiger partial charge in [0.25, 0.3) is 0 Å². The highest BCUT2D eigenvalue weighted by molar-refractivity contribution is 7.19. The lowest BCUT2D eigenvalue weighted by Gasteiger charge is -2.16. The summed E-state index contributed by atoms with van der Waals surface area (Å²) in [5, 5.41) is 4.70. The first-order valence-electron chi connectivity index (χ1n) is 7.68. The molecule has 3 rings (SSSR count). The normalized spacial score (nSPS) is 16.7. The van der Waals surface area contributed by atoms with E-state index < -0.39 is 0 Å². The van der Waals surface area contributed by atoms with Crippen LogP contribution in [-0.2, 0) is 0 Å². The number of thiophene rings is 1. The van der Waals surface area contributed by atoms with E-state index in [1.165, 1.54) is 35.3 Å². The first-order chi connectivity index (χ1) is 9.76. The predicted molar refractivity (Wildman–Crippen MR) is 84.8 cm³/mol. The van der Waals surface area contributed by atoms with Crippen molar-refractivity contribution in [2.75, 3.05) is 6.54 Å². The standard InChI is InChI=1S/C17H22FNS/c1-2-9-19-15(7-5-12-3-4-12)17-11-13-10-14(18)6-8-16(13)20-17/h6,8,10-12,15,19H,2-5,7,9H2,1H3. The molecule has 1 aromatic heterocycles. The highest BCUT2D eigenvalue weighted by Gasteiger charge is 2.23. The molecule has 1 nitrogen and oxygen atoms in total. The van der Waals surface area contributed by atoms with Gasteiger partial charge < -0.3 is 5.32 Å². The van der Waals surface area contributed by atoms with E-state index in [2.05, 4.69) is 18.3 Å². The van der Waals surface area contributed by atoms with E-state index in [-0.39, 0.29) is 5.82 Å². The van der Waals surface area contributed by atoms with Crippen molar-refractivity contribution >= 4 is 21.4 Å². The molecule has 1 N–H and O–H groups in total. The summed E-state index contributed by atoms with van der Waals surface area (Å²) in [6.45, 7) is 3.25. The second-order valence-corrected chi connectivity index (χ2v) is 6.97. The summed E-state index contributed by atoms with van der Waals surface area (Å²) < 4.78 is 14.5. The molecule has 0 amide bonds. The molecule has 1 unspecified atom stereocenters. The van der Waals surface area contributed by atoms with Crippen LogP contribution in [0.5, 0.6) is 0 Å². The minimum atomic E-state index is -0.141. The van der Waals surface area contributed by atoms with Crippen LogP contribution in [0.15, 0.2) is 24.3 Å². The van der Waals surface area contributed by atoms with Gasteiger partial charge in [-0.2, -0.15) is 0 Å². The molecule has 1 saturated carbocycles. The van der Waals surface area contributed by atoms with Crippen molar-refractivity contribution in [2.45, 2.75) is 45.1 Å². The van der Waals surface area contributed by atoms with Crippen molar-refractivity contribution in [2.24, 2.45) is 5.92 Å². The van der Waals surface area contributed by atoms with Crippen molar-refractivity contribution in [1.29, 1.82) is 0 Å². The Kier molecular flexibility index (Phi) is 4.37. The maximum atomic E-state index is 13.3. The lowest BCUT2D eigenvalue weighted by Crippen LogP contribution is -2.21. The Morgan fingerprint density at radius 2 is 2.20 bits per heavy atom. The Morgan fingerprint density at radius 1 is 1.35 bits per heavy atom. The van der Waals surface area contributed by atoms with Gasteiger partial charge in [0.05, 0.1) is 0 Å². The van der Waals surface area contributed by atoms with E-state index in [1.807, 2.05) is 17.4 Å². The van der Waals surface area contributed by atoms with E-state index in [4.69, 9.17) is 0 Å². The van der Waals surface area contributed by atoms with Gasteiger partial charge in [-0.15, -0.1) is 11.3 Å². The Hall–Kier alpha value is -0.930. The van der Waals surface area contributed by atoms with Gasteiger partial charge in [0, 0.05) is 15.6 Å². The van der Waals surface area contributed by atoms with Gasteiger partial charge in [0.1, 0.15) is 5.82 Å². The summed E-state index contributed by atoms with van der Waals surface area (Å²) in [7, 11) is 0. The highest BCUT2D eigenvalue weighted by atomic mass is 32.1. The maximum absolute atomic E-state index is 13.3. The van der Waals surface area contributed by atoms with Crippen LogP contribution < -0.4 is 5.32 Å². The second-order valence-electron chi connectivity index (χ2n) is 5.86. The second kappa shape index (κ2) is 6.23. The summed E-state index contributed by atoms with van der Waals surface area (Å²) in [6, 6.07) is 7.71. The number of hydrogen-bond acceptors (Lipinski definition) is 2. The molecule has 1 aliphatic rings. The first-order valence-corrected chi connectivity index (χ1v) is 8.50. The number of halogens is 1. The van der Waals surface area contributed by atoms with Gasteiger partial charge in [-0.25, -0.2) is 4.39 Å². The highest BCUT2D eigenvalue weighted by Crippen LogP contribution is 2.38. The molecule has 0 saturated heterocycles. The fourth-order valence-corrected chi connectivity index (χ4v) is 3.83. The van der Waals surface area contributed by atoms with Crippen LogP contribution in [0.25, 0.3) is 10.1 Å². The number of hydrogen-bond donors (Lipinski definition) is 1. The van der Waals surface area contributed by atoms with Crippen molar-refractivity contribution < 1.29 is 4.39 Å². The molecule has 0 bridgehead atoms. The summed E-state index contributed by atoms with van der Waals surface area (Å²) >= 11 is 1.81. The zero-order valence-electron chi connectivity index (χ0n) is 12.0. The molecular weight excluding hydrogens is 269 g/mol. The summed E-state index contributed by atoms with van der Waals surface area (Å²) in [6.07, 6.45) is 6.51. The molecular formula is C17H22FNS. The quantitative estimate of drug-likeness (QED) is 0.732. The fourth-order valence-electron chi connectivity index (χ4n) is 2.68. The summed E-state index contributed by atoms with van der Waals surface area (Å²) in [5.74, 6) is 0.825. The van der Waals surface area contributed by atoms with Crippen LogP contribution in [0.2, 0.25) is 0 Å². The smallest absolute Gasteiger partial charge is 0.123 e. The number of benzene rings is 1. The molecule has 20 heavy (non-hydrogen) atoms. The number of fused-ring (bicyclic) bond motifs is 1. The molecule has 2 aromatic rings. The Balaban J connectivity index is 1.78. The van der Waals surface area contributed by atoms with E-state index in [0.717, 1.165) is 24.3 Å². The largest absolute Gasteiger partial charge is 0.309 e. The third kappa shape index (κ3) is 3.39. The van der Waals surface area contributed by atoms with E-state index in [0.29, 0.717) is 6.04 Å². The van der Waals surface area contributed by atoms with E-state index in [9.17, 15) is 4.39 Å². The van der Waals surface area contributed by atoms with Gasteiger partial charge in [-0.05, 0) is 61.4 Å². The minimum absolute atomic E-state index is 0.141. The van der Waals surface area contributed by atoms with E-state index >= 15 is 0 Å². The van der Waals surface area contributed by atoms with Gasteiger partial charge >= 0.3 is 0 Å². The Morgan fingerprint density at radius 3 is 2.95 bits per heavy atom. The average molecular weight is 291 g/mol. The molecule has 1 atom stereocenters. The summed E-state index contributed by atoms with van der Waals surface area (Å²) in [5.41, 5.74) is 0. The monoisotopic (exact) mass is 291 g/mol. The third-order valence-electron chi connectivity index (χ3n) is 4.04. The maximum Gasteiger partial charge on any atom is 0.123 e. The zero-order chi connectivity index (χ0) is 13.9. The van der Waals surface area contributed by atoms with E-state index in [1.54, 1.807) is 12.1 Å². The van der Waals surface area contributed by atoms with Gasteiger partial charge in [-0.3, -0.25) is 0 Å². The Bertz CT molecular complexity index is 573. The molecule has 0 spiro atoms. The van der Waals surface area contributed by atoms with Crippen LogP contribution in [0.3, 0.4) is 0 Å². The third-order valence-corrected chi connectivity index (χ3v) is 5.27. The Labute approximate surface area is 124 Å². The zero-order valence-corrected chi connectivity index (χ0v) is 12.8. The molecule has 108 valence electrons. The van der Waals surface area contributed by atoms with Crippen LogP contribution in [0.4, 0.5) is 4.39 Å². The van der Waals surface area contributed by atoms with Gasteiger partial charge in [0.15, 0.2) is 0 Å². The van der Waals surface area contributed by atoms with Crippen LogP contribution in [0.1, 0.15) is 49.9 Å². The molecule has 1 heterocycles. The van der Waals surface area contributed by atoms with Gasteiger partial charge in [0.2, 0.25) is 0 Å². The van der Waals surface area contributed by atoms with Crippen molar-refractivity contribution in [3.63, 3.8) is 0 Å². The SMILES string of the molecule is CCCNC(CCC1CC1)c1cc2cc(F)ccc2s1. The molecule has 0 radical (unpaired) electrons. The van der Waals surface area contributed by atoms with Crippen LogP contribution in [-0.4, -0.2) is 6.54 Å². The number of rotatable bonds is 7. The minimum Gasteiger partial charge on any atom is -0.309 e.